The highest BCUT2D eigenvalue weighted by Crippen LogP contribution is 2.39. The maximum Gasteiger partial charge on any atom is 0.240 e. The smallest absolute Gasteiger partial charge is 0.240 e. The first-order valence-electron chi connectivity index (χ1n) is 6.39. The van der Waals surface area contributed by atoms with E-state index in [-0.39, 0.29) is 24.1 Å². The highest BCUT2D eigenvalue weighted by molar-refractivity contribution is 5.84. The fourth-order valence-corrected chi connectivity index (χ4v) is 2.76. The summed E-state index contributed by atoms with van der Waals surface area (Å²) in [6.45, 7) is 3.93. The second-order valence-electron chi connectivity index (χ2n) is 5.02. The third-order valence-corrected chi connectivity index (χ3v) is 4.00. The van der Waals surface area contributed by atoms with Crippen molar-refractivity contribution in [3.63, 3.8) is 0 Å². The van der Waals surface area contributed by atoms with Crippen LogP contribution in [0.1, 0.15) is 39.0 Å². The van der Waals surface area contributed by atoms with E-state index in [4.69, 9.17) is 0 Å². The number of amides is 1. The lowest BCUT2D eigenvalue weighted by molar-refractivity contribution is -0.141. The molecule has 2 fully saturated rings. The first kappa shape index (κ1) is 11.9. The average molecular weight is 226 g/mol. The van der Waals surface area contributed by atoms with Gasteiger partial charge in [-0.05, 0) is 38.6 Å². The van der Waals surface area contributed by atoms with Gasteiger partial charge in [-0.1, -0.05) is 6.92 Å². The van der Waals surface area contributed by atoms with Crippen LogP contribution in [0.2, 0.25) is 0 Å². The summed E-state index contributed by atoms with van der Waals surface area (Å²) in [6, 6.07) is -0.0102. The average Bonchev–Trinajstić information content (AvgIpc) is 2.58. The molecule has 16 heavy (non-hydrogen) atoms. The van der Waals surface area contributed by atoms with Crippen LogP contribution in [0.15, 0.2) is 0 Å². The molecule has 1 aliphatic heterocycles. The Hall–Kier alpha value is -0.610. The fraction of sp³-hybridized carbons (Fsp3) is 0.917. The second-order valence-corrected chi connectivity index (χ2v) is 5.02. The van der Waals surface area contributed by atoms with Crippen LogP contribution in [-0.4, -0.2) is 47.2 Å². The summed E-state index contributed by atoms with van der Waals surface area (Å²) in [7, 11) is 0. The van der Waals surface area contributed by atoms with Crippen molar-refractivity contribution < 1.29 is 9.90 Å². The molecule has 0 aromatic heterocycles. The van der Waals surface area contributed by atoms with Crippen LogP contribution in [0.25, 0.3) is 0 Å². The lowest BCUT2D eigenvalue weighted by Gasteiger charge is -2.47. The molecule has 1 aliphatic carbocycles. The Kier molecular flexibility index (Phi) is 3.50. The van der Waals surface area contributed by atoms with Gasteiger partial charge in [-0.2, -0.15) is 0 Å². The van der Waals surface area contributed by atoms with E-state index in [0.717, 1.165) is 45.2 Å². The van der Waals surface area contributed by atoms with E-state index in [9.17, 15) is 9.90 Å². The summed E-state index contributed by atoms with van der Waals surface area (Å²) < 4.78 is 0. The van der Waals surface area contributed by atoms with Crippen LogP contribution in [0.5, 0.6) is 0 Å². The molecular formula is C12H22N2O2. The van der Waals surface area contributed by atoms with Gasteiger partial charge in [0.05, 0.1) is 18.2 Å². The standard InChI is InChI=1S/C12H22N2O2/c1-2-7-13-10-4-8-14(11(10)16)12(9-15)5-3-6-12/h10,13,15H,2-9H2,1H3. The molecule has 4 heteroatoms. The summed E-state index contributed by atoms with van der Waals surface area (Å²) in [5.74, 6) is 0.196. The Bertz CT molecular complexity index is 258. The lowest BCUT2D eigenvalue weighted by atomic mass is 9.76. The van der Waals surface area contributed by atoms with Gasteiger partial charge < -0.3 is 15.3 Å². The molecule has 0 aromatic carbocycles. The van der Waals surface area contributed by atoms with Gasteiger partial charge in [-0.25, -0.2) is 0 Å². The maximum absolute atomic E-state index is 12.2. The van der Waals surface area contributed by atoms with Gasteiger partial charge in [0.1, 0.15) is 0 Å². The minimum atomic E-state index is -0.209. The summed E-state index contributed by atoms with van der Waals surface area (Å²) in [5.41, 5.74) is -0.209. The van der Waals surface area contributed by atoms with Crippen LogP contribution in [0.4, 0.5) is 0 Å². The zero-order valence-electron chi connectivity index (χ0n) is 10.0. The zero-order chi connectivity index (χ0) is 11.6. The van der Waals surface area contributed by atoms with Crippen LogP contribution in [0, 0.1) is 0 Å². The maximum atomic E-state index is 12.2. The van der Waals surface area contributed by atoms with E-state index in [0.29, 0.717) is 0 Å². The van der Waals surface area contributed by atoms with Gasteiger partial charge >= 0.3 is 0 Å². The number of aliphatic hydroxyl groups is 1. The van der Waals surface area contributed by atoms with E-state index in [1.807, 2.05) is 4.90 Å². The van der Waals surface area contributed by atoms with Gasteiger partial charge in [-0.3, -0.25) is 4.79 Å². The first-order valence-corrected chi connectivity index (χ1v) is 6.39. The SMILES string of the molecule is CCCNC1CCN(C2(CO)CCC2)C1=O. The molecule has 2 rings (SSSR count). The van der Waals surface area contributed by atoms with Crippen LogP contribution in [0.3, 0.4) is 0 Å². The molecule has 0 bridgehead atoms. The third-order valence-electron chi connectivity index (χ3n) is 4.00. The lowest BCUT2D eigenvalue weighted by Crippen LogP contribution is -2.58. The van der Waals surface area contributed by atoms with E-state index in [2.05, 4.69) is 12.2 Å². The number of rotatable bonds is 5. The van der Waals surface area contributed by atoms with Gasteiger partial charge in [-0.15, -0.1) is 0 Å². The summed E-state index contributed by atoms with van der Waals surface area (Å²) >= 11 is 0. The number of carbonyl (C=O) groups is 1. The molecule has 0 aromatic rings. The highest BCUT2D eigenvalue weighted by atomic mass is 16.3. The summed E-state index contributed by atoms with van der Waals surface area (Å²) in [4.78, 5) is 14.1. The van der Waals surface area contributed by atoms with Crippen LogP contribution >= 0.6 is 0 Å². The number of nitrogens with zero attached hydrogens (tertiary/aromatic N) is 1. The number of aliphatic hydroxyl groups excluding tert-OH is 1. The van der Waals surface area contributed by atoms with Crippen molar-refractivity contribution in [3.05, 3.63) is 0 Å². The normalized spacial score (nSPS) is 28.2. The van der Waals surface area contributed by atoms with Crippen molar-refractivity contribution in [2.45, 2.75) is 50.6 Å². The summed E-state index contributed by atoms with van der Waals surface area (Å²) in [6.07, 6.45) is 5.01. The fourth-order valence-electron chi connectivity index (χ4n) is 2.76. The van der Waals surface area contributed by atoms with Crippen molar-refractivity contribution in [2.24, 2.45) is 0 Å². The van der Waals surface area contributed by atoms with Gasteiger partial charge in [0, 0.05) is 6.54 Å². The highest BCUT2D eigenvalue weighted by Gasteiger charge is 2.48. The molecule has 1 atom stereocenters. The Morgan fingerprint density at radius 2 is 2.31 bits per heavy atom. The largest absolute Gasteiger partial charge is 0.394 e. The van der Waals surface area contributed by atoms with Gasteiger partial charge in [0.15, 0.2) is 0 Å². The van der Waals surface area contributed by atoms with E-state index in [1.165, 1.54) is 0 Å². The van der Waals surface area contributed by atoms with E-state index >= 15 is 0 Å². The third kappa shape index (κ3) is 1.84. The van der Waals surface area contributed by atoms with Crippen molar-refractivity contribution >= 4 is 5.91 Å². The zero-order valence-corrected chi connectivity index (χ0v) is 10.0. The number of likely N-dealkylation sites (tertiary alicyclic amines) is 1. The van der Waals surface area contributed by atoms with Gasteiger partial charge in [0.2, 0.25) is 5.91 Å². The van der Waals surface area contributed by atoms with Gasteiger partial charge in [0.25, 0.3) is 0 Å². The first-order chi connectivity index (χ1) is 7.73. The number of hydrogen-bond donors (Lipinski definition) is 2. The van der Waals surface area contributed by atoms with Crippen molar-refractivity contribution in [1.29, 1.82) is 0 Å². The molecule has 1 saturated heterocycles. The van der Waals surface area contributed by atoms with Crippen molar-refractivity contribution in [1.82, 2.24) is 10.2 Å². The van der Waals surface area contributed by atoms with E-state index in [1.54, 1.807) is 0 Å². The Morgan fingerprint density at radius 1 is 1.56 bits per heavy atom. The molecule has 0 spiro atoms. The molecular weight excluding hydrogens is 204 g/mol. The molecule has 4 nitrogen and oxygen atoms in total. The quantitative estimate of drug-likeness (QED) is 0.718. The molecule has 1 saturated carbocycles. The van der Waals surface area contributed by atoms with E-state index < -0.39 is 0 Å². The molecule has 1 heterocycles. The predicted octanol–water partition coefficient (Wildman–Crippen LogP) is 0.502. The monoisotopic (exact) mass is 226 g/mol. The Balaban J connectivity index is 1.96. The number of nitrogens with one attached hydrogen (secondary N) is 1. The number of hydrogen-bond acceptors (Lipinski definition) is 3. The number of carbonyl (C=O) groups excluding carboxylic acids is 1. The molecule has 1 unspecified atom stereocenters. The van der Waals surface area contributed by atoms with Crippen molar-refractivity contribution in [2.75, 3.05) is 19.7 Å². The molecule has 2 aliphatic rings. The Morgan fingerprint density at radius 3 is 2.81 bits per heavy atom. The predicted molar refractivity (Wildman–Crippen MR) is 62.1 cm³/mol. The topological polar surface area (TPSA) is 52.6 Å². The second kappa shape index (κ2) is 4.72. The van der Waals surface area contributed by atoms with Crippen LogP contribution in [-0.2, 0) is 4.79 Å². The minimum Gasteiger partial charge on any atom is -0.394 e. The van der Waals surface area contributed by atoms with Crippen molar-refractivity contribution in [3.8, 4) is 0 Å². The van der Waals surface area contributed by atoms with Crippen LogP contribution < -0.4 is 5.32 Å². The molecule has 92 valence electrons. The summed E-state index contributed by atoms with van der Waals surface area (Å²) in [5, 5.41) is 12.7. The molecule has 0 radical (unpaired) electrons. The minimum absolute atomic E-state index is 0.0102. The Labute approximate surface area is 97.0 Å². The molecule has 1 amide bonds. The molecule has 2 N–H and O–H groups in total.